The van der Waals surface area contributed by atoms with E-state index in [1.807, 2.05) is 20.8 Å². The summed E-state index contributed by atoms with van der Waals surface area (Å²) in [4.78, 5) is 18.2. The van der Waals surface area contributed by atoms with E-state index in [4.69, 9.17) is 4.74 Å². The molecule has 0 spiro atoms. The van der Waals surface area contributed by atoms with Crippen molar-refractivity contribution in [2.24, 2.45) is 4.99 Å². The van der Waals surface area contributed by atoms with Crippen LogP contribution in [0.2, 0.25) is 0 Å². The molecule has 6 heteroatoms. The van der Waals surface area contributed by atoms with Crippen LogP contribution in [0.1, 0.15) is 26.3 Å². The van der Waals surface area contributed by atoms with Crippen molar-refractivity contribution >= 4 is 23.3 Å². The summed E-state index contributed by atoms with van der Waals surface area (Å²) in [5, 5.41) is 7.54. The van der Waals surface area contributed by atoms with Gasteiger partial charge in [-0.3, -0.25) is 9.89 Å². The molecule has 1 amide bonds. The number of nitrogens with one attached hydrogen (secondary N) is 1. The summed E-state index contributed by atoms with van der Waals surface area (Å²) >= 11 is 1.71. The summed E-state index contributed by atoms with van der Waals surface area (Å²) in [6.07, 6.45) is 0.698. The second-order valence-electron chi connectivity index (χ2n) is 6.04. The predicted molar refractivity (Wildman–Crippen MR) is 86.1 cm³/mol. The summed E-state index contributed by atoms with van der Waals surface area (Å²) < 4.78 is 5.39. The SMILES string of the molecule is CC(C)(C)OC(=O)N1CCN=C(NCCc2ccsc2)C1. The molecule has 1 aromatic rings. The van der Waals surface area contributed by atoms with Gasteiger partial charge >= 0.3 is 6.09 Å². The number of amides is 1. The van der Waals surface area contributed by atoms with Gasteiger partial charge in [-0.25, -0.2) is 4.79 Å². The lowest BCUT2D eigenvalue weighted by molar-refractivity contribution is 0.0276. The third kappa shape index (κ3) is 5.38. The third-order valence-electron chi connectivity index (χ3n) is 2.99. The fourth-order valence-corrected chi connectivity index (χ4v) is 2.70. The van der Waals surface area contributed by atoms with E-state index in [1.165, 1.54) is 5.56 Å². The Labute approximate surface area is 130 Å². The van der Waals surface area contributed by atoms with Gasteiger partial charge in [0.2, 0.25) is 0 Å². The zero-order valence-corrected chi connectivity index (χ0v) is 13.7. The van der Waals surface area contributed by atoms with Crippen molar-refractivity contribution < 1.29 is 9.53 Å². The molecular weight excluding hydrogens is 286 g/mol. The van der Waals surface area contributed by atoms with Crippen LogP contribution in [0.15, 0.2) is 21.8 Å². The van der Waals surface area contributed by atoms with Crippen LogP contribution in [0, 0.1) is 0 Å². The summed E-state index contributed by atoms with van der Waals surface area (Å²) in [6, 6.07) is 2.13. The molecule has 0 aromatic carbocycles. The molecule has 5 nitrogen and oxygen atoms in total. The highest BCUT2D eigenvalue weighted by atomic mass is 32.1. The monoisotopic (exact) mass is 309 g/mol. The van der Waals surface area contributed by atoms with Gasteiger partial charge in [0.1, 0.15) is 11.4 Å². The molecule has 0 bridgehead atoms. The van der Waals surface area contributed by atoms with Crippen molar-refractivity contribution in [2.45, 2.75) is 32.8 Å². The lowest BCUT2D eigenvalue weighted by Crippen LogP contribution is -2.47. The van der Waals surface area contributed by atoms with Crippen LogP contribution in [0.4, 0.5) is 4.79 Å². The van der Waals surface area contributed by atoms with E-state index < -0.39 is 5.60 Å². The molecule has 0 radical (unpaired) electrons. The van der Waals surface area contributed by atoms with Gasteiger partial charge < -0.3 is 10.1 Å². The molecule has 0 aliphatic carbocycles. The van der Waals surface area contributed by atoms with Crippen molar-refractivity contribution in [3.63, 3.8) is 0 Å². The minimum absolute atomic E-state index is 0.269. The Morgan fingerprint density at radius 3 is 3.00 bits per heavy atom. The number of hydrogen-bond donors (Lipinski definition) is 1. The second kappa shape index (κ2) is 6.93. The van der Waals surface area contributed by atoms with E-state index in [9.17, 15) is 4.79 Å². The standard InChI is InChI=1S/C15H23N3O2S/c1-15(2,3)20-14(19)18-8-7-17-13(10-18)16-6-4-12-5-9-21-11-12/h5,9,11H,4,6-8,10H2,1-3H3,(H,16,17). The Kier molecular flexibility index (Phi) is 5.22. The quantitative estimate of drug-likeness (QED) is 0.933. The van der Waals surface area contributed by atoms with Gasteiger partial charge in [0.15, 0.2) is 0 Å². The molecule has 1 aromatic heterocycles. The maximum absolute atomic E-state index is 12.0. The molecule has 2 heterocycles. The number of amidine groups is 1. The lowest BCUT2D eigenvalue weighted by Gasteiger charge is -2.29. The van der Waals surface area contributed by atoms with E-state index in [2.05, 4.69) is 27.1 Å². The van der Waals surface area contributed by atoms with Gasteiger partial charge in [-0.05, 0) is 49.6 Å². The fraction of sp³-hybridized carbons (Fsp3) is 0.600. The average molecular weight is 309 g/mol. The van der Waals surface area contributed by atoms with Crippen LogP contribution in [0.3, 0.4) is 0 Å². The van der Waals surface area contributed by atoms with Crippen LogP contribution >= 0.6 is 11.3 Å². The van der Waals surface area contributed by atoms with Crippen LogP contribution in [-0.4, -0.2) is 48.6 Å². The molecule has 0 saturated carbocycles. The highest BCUT2D eigenvalue weighted by Crippen LogP contribution is 2.11. The Bertz CT molecular complexity index is 492. The van der Waals surface area contributed by atoms with Crippen molar-refractivity contribution in [1.82, 2.24) is 10.2 Å². The summed E-state index contributed by atoms with van der Waals surface area (Å²) in [7, 11) is 0. The molecule has 116 valence electrons. The average Bonchev–Trinajstić information content (AvgIpc) is 2.90. The van der Waals surface area contributed by atoms with Crippen LogP contribution in [-0.2, 0) is 11.2 Å². The first-order valence-electron chi connectivity index (χ1n) is 7.20. The summed E-state index contributed by atoms with van der Waals surface area (Å²) in [5.41, 5.74) is 0.867. The van der Waals surface area contributed by atoms with E-state index >= 15 is 0 Å². The van der Waals surface area contributed by atoms with Crippen LogP contribution in [0.5, 0.6) is 0 Å². The Balaban J connectivity index is 1.77. The van der Waals surface area contributed by atoms with Crippen LogP contribution in [0.25, 0.3) is 0 Å². The molecular formula is C15H23N3O2S. The summed E-state index contributed by atoms with van der Waals surface area (Å²) in [5.74, 6) is 0.863. The Morgan fingerprint density at radius 1 is 1.52 bits per heavy atom. The van der Waals surface area contributed by atoms with Gasteiger partial charge in [-0.2, -0.15) is 11.3 Å². The largest absolute Gasteiger partial charge is 0.444 e. The zero-order chi connectivity index (χ0) is 15.3. The van der Waals surface area contributed by atoms with E-state index in [-0.39, 0.29) is 6.09 Å². The van der Waals surface area contributed by atoms with Crippen molar-refractivity contribution in [3.8, 4) is 0 Å². The number of ether oxygens (including phenoxy) is 1. The highest BCUT2D eigenvalue weighted by Gasteiger charge is 2.24. The molecule has 0 fully saturated rings. The van der Waals surface area contributed by atoms with Gasteiger partial charge in [0.25, 0.3) is 0 Å². The molecule has 0 atom stereocenters. The fourth-order valence-electron chi connectivity index (χ4n) is 2.00. The minimum atomic E-state index is -0.460. The maximum atomic E-state index is 12.0. The first-order chi connectivity index (χ1) is 9.94. The molecule has 0 unspecified atom stereocenters. The molecule has 1 aliphatic rings. The predicted octanol–water partition coefficient (Wildman–Crippen LogP) is 2.53. The molecule has 21 heavy (non-hydrogen) atoms. The number of rotatable bonds is 3. The number of hydrogen-bond acceptors (Lipinski definition) is 5. The lowest BCUT2D eigenvalue weighted by atomic mass is 10.2. The summed E-state index contributed by atoms with van der Waals surface area (Å²) in [6.45, 7) is 8.20. The van der Waals surface area contributed by atoms with E-state index in [0.717, 1.165) is 18.8 Å². The molecule has 1 N–H and O–H groups in total. The van der Waals surface area contributed by atoms with Crippen molar-refractivity contribution in [3.05, 3.63) is 22.4 Å². The highest BCUT2D eigenvalue weighted by molar-refractivity contribution is 7.07. The maximum Gasteiger partial charge on any atom is 0.410 e. The Morgan fingerprint density at radius 2 is 2.33 bits per heavy atom. The number of thiophene rings is 1. The number of aliphatic imine (C=N–C) groups is 1. The van der Waals surface area contributed by atoms with Gasteiger partial charge in [0, 0.05) is 13.1 Å². The minimum Gasteiger partial charge on any atom is -0.444 e. The molecule has 1 aliphatic heterocycles. The first-order valence-corrected chi connectivity index (χ1v) is 8.14. The Hall–Kier alpha value is -1.56. The third-order valence-corrected chi connectivity index (χ3v) is 3.72. The number of nitrogens with zero attached hydrogens (tertiary/aromatic N) is 2. The van der Waals surface area contributed by atoms with Crippen LogP contribution < -0.4 is 5.32 Å². The molecule has 2 rings (SSSR count). The van der Waals surface area contributed by atoms with Gasteiger partial charge in [-0.1, -0.05) is 0 Å². The van der Waals surface area contributed by atoms with Gasteiger partial charge in [0.05, 0.1) is 13.1 Å². The first kappa shape index (κ1) is 15.8. The zero-order valence-electron chi connectivity index (χ0n) is 12.9. The second-order valence-corrected chi connectivity index (χ2v) is 6.82. The van der Waals surface area contributed by atoms with E-state index in [0.29, 0.717) is 19.6 Å². The normalized spacial score (nSPS) is 15.6. The van der Waals surface area contributed by atoms with E-state index in [1.54, 1.807) is 16.2 Å². The number of carbonyl (C=O) groups excluding carboxylic acids is 1. The van der Waals surface area contributed by atoms with Crippen molar-refractivity contribution in [1.29, 1.82) is 0 Å². The number of carbonyl (C=O) groups is 1. The molecule has 0 saturated heterocycles. The van der Waals surface area contributed by atoms with Gasteiger partial charge in [-0.15, -0.1) is 0 Å². The smallest absolute Gasteiger partial charge is 0.410 e. The topological polar surface area (TPSA) is 53.9 Å². The van der Waals surface area contributed by atoms with Crippen molar-refractivity contribution in [2.75, 3.05) is 26.2 Å².